The van der Waals surface area contributed by atoms with Gasteiger partial charge < -0.3 is 9.47 Å². The number of rotatable bonds is 5. The molecule has 7 nitrogen and oxygen atoms in total. The molecular weight excluding hydrogens is 380 g/mol. The van der Waals surface area contributed by atoms with Gasteiger partial charge in [-0.05, 0) is 32.8 Å². The molecule has 0 saturated heterocycles. The Morgan fingerprint density at radius 1 is 1.04 bits per heavy atom. The van der Waals surface area contributed by atoms with Crippen LogP contribution >= 0.6 is 15.9 Å². The van der Waals surface area contributed by atoms with Gasteiger partial charge in [-0.2, -0.15) is 0 Å². The number of amides is 2. The third-order valence-electron chi connectivity index (χ3n) is 3.06. The highest BCUT2D eigenvalue weighted by Crippen LogP contribution is 2.32. The standard InChI is InChI=1S/C16H15BrN2O5/c1-23-15(22)8-13(20)18-19-14(21)9-24-12-7-6-10-4-2-3-5-11(10)16(12)17/h2-7H,8-9H2,1H3,(H,18,20)(H,19,21). The number of esters is 1. The maximum atomic E-state index is 11.7. The number of carbonyl (C=O) groups excluding carboxylic acids is 3. The Labute approximate surface area is 146 Å². The van der Waals surface area contributed by atoms with E-state index >= 15 is 0 Å². The molecule has 0 spiro atoms. The Hall–Kier alpha value is -2.61. The molecule has 2 amide bonds. The number of hydrogen-bond donors (Lipinski definition) is 2. The van der Waals surface area contributed by atoms with Gasteiger partial charge in [0.1, 0.15) is 12.2 Å². The Balaban J connectivity index is 1.87. The Kier molecular flexibility index (Phi) is 6.14. The average Bonchev–Trinajstić information content (AvgIpc) is 2.59. The summed E-state index contributed by atoms with van der Waals surface area (Å²) >= 11 is 3.45. The first kappa shape index (κ1) is 17.7. The molecule has 0 fully saturated rings. The Morgan fingerprint density at radius 3 is 2.50 bits per heavy atom. The molecule has 2 N–H and O–H groups in total. The molecule has 2 aromatic rings. The zero-order valence-electron chi connectivity index (χ0n) is 12.8. The minimum absolute atomic E-state index is 0.296. The SMILES string of the molecule is COC(=O)CC(=O)NNC(=O)COc1ccc2ccccc2c1Br. The predicted octanol–water partition coefficient (Wildman–Crippen LogP) is 1.69. The summed E-state index contributed by atoms with van der Waals surface area (Å²) in [6, 6.07) is 11.4. The van der Waals surface area contributed by atoms with Crippen molar-refractivity contribution in [3.05, 3.63) is 40.9 Å². The van der Waals surface area contributed by atoms with Gasteiger partial charge in [-0.1, -0.05) is 30.3 Å². The summed E-state index contributed by atoms with van der Waals surface area (Å²) in [5, 5.41) is 2.00. The van der Waals surface area contributed by atoms with Gasteiger partial charge in [0.2, 0.25) is 5.91 Å². The van der Waals surface area contributed by atoms with E-state index in [1.807, 2.05) is 30.3 Å². The summed E-state index contributed by atoms with van der Waals surface area (Å²) in [5.41, 5.74) is 4.25. The normalized spacial score (nSPS) is 10.1. The Bertz CT molecular complexity index is 778. The molecule has 126 valence electrons. The minimum Gasteiger partial charge on any atom is -0.483 e. The van der Waals surface area contributed by atoms with Crippen LogP contribution in [0.4, 0.5) is 0 Å². The fourth-order valence-corrected chi connectivity index (χ4v) is 2.50. The molecule has 0 aliphatic rings. The molecule has 0 radical (unpaired) electrons. The number of ether oxygens (including phenoxy) is 2. The molecule has 2 aromatic carbocycles. The maximum Gasteiger partial charge on any atom is 0.315 e. The van der Waals surface area contributed by atoms with Crippen molar-refractivity contribution in [2.75, 3.05) is 13.7 Å². The number of carbonyl (C=O) groups is 3. The van der Waals surface area contributed by atoms with Crippen LogP contribution in [0.3, 0.4) is 0 Å². The van der Waals surface area contributed by atoms with E-state index in [0.29, 0.717) is 5.75 Å². The van der Waals surface area contributed by atoms with Crippen molar-refractivity contribution < 1.29 is 23.9 Å². The van der Waals surface area contributed by atoms with E-state index in [0.717, 1.165) is 15.2 Å². The summed E-state index contributed by atoms with van der Waals surface area (Å²) in [4.78, 5) is 33.9. The van der Waals surface area contributed by atoms with Crippen LogP contribution in [-0.2, 0) is 19.1 Å². The summed E-state index contributed by atoms with van der Waals surface area (Å²) < 4.78 is 10.5. The van der Waals surface area contributed by atoms with Gasteiger partial charge >= 0.3 is 5.97 Å². The first-order valence-electron chi connectivity index (χ1n) is 6.96. The van der Waals surface area contributed by atoms with Gasteiger partial charge in [0.05, 0.1) is 11.6 Å². The van der Waals surface area contributed by atoms with E-state index in [-0.39, 0.29) is 6.61 Å². The number of methoxy groups -OCH3 is 1. The molecule has 0 unspecified atom stereocenters. The highest BCUT2D eigenvalue weighted by molar-refractivity contribution is 9.10. The summed E-state index contributed by atoms with van der Waals surface area (Å²) in [6.45, 7) is -0.296. The van der Waals surface area contributed by atoms with Crippen LogP contribution in [0.2, 0.25) is 0 Å². The molecule has 24 heavy (non-hydrogen) atoms. The number of hydrazine groups is 1. The van der Waals surface area contributed by atoms with Crippen LogP contribution < -0.4 is 15.6 Å². The number of halogens is 1. The van der Waals surface area contributed by atoms with E-state index in [9.17, 15) is 14.4 Å². The third kappa shape index (κ3) is 4.69. The van der Waals surface area contributed by atoms with Gasteiger partial charge in [0.15, 0.2) is 6.61 Å². The van der Waals surface area contributed by atoms with Crippen molar-refractivity contribution in [1.82, 2.24) is 10.9 Å². The zero-order valence-corrected chi connectivity index (χ0v) is 14.4. The van der Waals surface area contributed by atoms with Gasteiger partial charge in [-0.3, -0.25) is 25.2 Å². The van der Waals surface area contributed by atoms with Crippen molar-refractivity contribution in [1.29, 1.82) is 0 Å². The molecule has 0 saturated carbocycles. The second kappa shape index (κ2) is 8.30. The van der Waals surface area contributed by atoms with Gasteiger partial charge in [0.25, 0.3) is 5.91 Å². The van der Waals surface area contributed by atoms with Crippen LogP contribution in [0, 0.1) is 0 Å². The highest BCUT2D eigenvalue weighted by Gasteiger charge is 2.11. The maximum absolute atomic E-state index is 11.7. The van der Waals surface area contributed by atoms with Crippen LogP contribution in [0.5, 0.6) is 5.75 Å². The summed E-state index contributed by atoms with van der Waals surface area (Å²) in [7, 11) is 1.17. The lowest BCUT2D eigenvalue weighted by molar-refractivity contribution is -0.144. The van der Waals surface area contributed by atoms with Crippen molar-refractivity contribution in [2.45, 2.75) is 6.42 Å². The first-order valence-corrected chi connectivity index (χ1v) is 7.75. The van der Waals surface area contributed by atoms with Crippen molar-refractivity contribution in [2.24, 2.45) is 0 Å². The number of nitrogens with one attached hydrogen (secondary N) is 2. The third-order valence-corrected chi connectivity index (χ3v) is 3.88. The fraction of sp³-hybridized carbons (Fsp3) is 0.188. The topological polar surface area (TPSA) is 93.7 Å². The van der Waals surface area contributed by atoms with Gasteiger partial charge in [-0.15, -0.1) is 0 Å². The first-order chi connectivity index (χ1) is 11.5. The number of hydrogen-bond acceptors (Lipinski definition) is 5. The summed E-state index contributed by atoms with van der Waals surface area (Å²) in [6.07, 6.45) is -0.478. The quantitative estimate of drug-likeness (QED) is 0.457. The zero-order chi connectivity index (χ0) is 17.5. The molecule has 0 aliphatic heterocycles. The lowest BCUT2D eigenvalue weighted by Crippen LogP contribution is -2.44. The molecular formula is C16H15BrN2O5. The van der Waals surface area contributed by atoms with Crippen LogP contribution in [0.25, 0.3) is 10.8 Å². The molecule has 0 aliphatic carbocycles. The molecule has 0 atom stereocenters. The van der Waals surface area contributed by atoms with Gasteiger partial charge in [0, 0.05) is 0 Å². The Morgan fingerprint density at radius 2 is 1.75 bits per heavy atom. The van der Waals surface area contributed by atoms with Crippen molar-refractivity contribution >= 4 is 44.5 Å². The predicted molar refractivity (Wildman–Crippen MR) is 90.1 cm³/mol. The minimum atomic E-state index is -0.696. The van der Waals surface area contributed by atoms with Crippen LogP contribution in [0.15, 0.2) is 40.9 Å². The second-order valence-corrected chi connectivity index (χ2v) is 5.53. The lowest BCUT2D eigenvalue weighted by Gasteiger charge is -2.11. The largest absolute Gasteiger partial charge is 0.483 e. The van der Waals surface area contributed by atoms with E-state index in [2.05, 4.69) is 31.5 Å². The van der Waals surface area contributed by atoms with Gasteiger partial charge in [-0.25, -0.2) is 0 Å². The van der Waals surface area contributed by atoms with Crippen molar-refractivity contribution in [3.8, 4) is 5.75 Å². The van der Waals surface area contributed by atoms with E-state index in [4.69, 9.17) is 4.74 Å². The van der Waals surface area contributed by atoms with Crippen molar-refractivity contribution in [3.63, 3.8) is 0 Å². The molecule has 0 aromatic heterocycles. The number of fused-ring (bicyclic) bond motifs is 1. The number of benzene rings is 2. The molecule has 2 rings (SSSR count). The lowest BCUT2D eigenvalue weighted by atomic mass is 10.1. The molecule has 8 heteroatoms. The van der Waals surface area contributed by atoms with Crippen LogP contribution in [-0.4, -0.2) is 31.5 Å². The highest BCUT2D eigenvalue weighted by atomic mass is 79.9. The fourth-order valence-electron chi connectivity index (χ4n) is 1.89. The molecule has 0 heterocycles. The average molecular weight is 395 g/mol. The van der Waals surface area contributed by atoms with Crippen LogP contribution in [0.1, 0.15) is 6.42 Å². The molecule has 0 bridgehead atoms. The second-order valence-electron chi connectivity index (χ2n) is 4.74. The monoisotopic (exact) mass is 394 g/mol. The van der Waals surface area contributed by atoms with E-state index < -0.39 is 24.2 Å². The smallest absolute Gasteiger partial charge is 0.315 e. The van der Waals surface area contributed by atoms with E-state index in [1.165, 1.54) is 7.11 Å². The summed E-state index contributed by atoms with van der Waals surface area (Å²) in [5.74, 6) is -1.43. The van der Waals surface area contributed by atoms with E-state index in [1.54, 1.807) is 6.07 Å².